The van der Waals surface area contributed by atoms with E-state index in [-0.39, 0.29) is 12.0 Å². The molecular weight excluding hydrogens is 430 g/mol. The second kappa shape index (κ2) is 8.11. The standard InChI is InChI=1S/C25H25N7O2/c1-31-9-7-18-17(4-8-26-24(18)31)23-19-13-29-25(34)22(19)20(14-28-23)30-21-3-2-15(12-27-21)32-10-5-16(33)6-11-32/h2-4,7-9,12,14,16,33H,5-6,10-11,13H2,1H3,(H,27,30)(H,29,34). The Kier molecular flexibility index (Phi) is 4.91. The molecule has 9 heteroatoms. The molecule has 172 valence electrons. The normalized spacial score (nSPS) is 16.1. The number of aliphatic hydroxyl groups is 1. The lowest BCUT2D eigenvalue weighted by Crippen LogP contribution is -2.35. The molecule has 2 aliphatic rings. The smallest absolute Gasteiger partial charge is 0.254 e. The number of amides is 1. The summed E-state index contributed by atoms with van der Waals surface area (Å²) in [4.78, 5) is 28.8. The van der Waals surface area contributed by atoms with Gasteiger partial charge in [0.1, 0.15) is 11.5 Å². The third kappa shape index (κ3) is 3.45. The number of hydrogen-bond acceptors (Lipinski definition) is 7. The van der Waals surface area contributed by atoms with E-state index in [0.29, 0.717) is 23.6 Å². The van der Waals surface area contributed by atoms with Crippen LogP contribution < -0.4 is 15.5 Å². The molecule has 0 radical (unpaired) electrons. The second-order valence-corrected chi connectivity index (χ2v) is 8.82. The maximum atomic E-state index is 12.8. The highest BCUT2D eigenvalue weighted by Crippen LogP contribution is 2.36. The fourth-order valence-electron chi connectivity index (χ4n) is 4.85. The fraction of sp³-hybridized carbons (Fsp3) is 0.280. The predicted octanol–water partition coefficient (Wildman–Crippen LogP) is 2.98. The van der Waals surface area contributed by atoms with Crippen LogP contribution in [0.1, 0.15) is 28.8 Å². The molecule has 0 spiro atoms. The van der Waals surface area contributed by atoms with Gasteiger partial charge in [0.05, 0.1) is 41.1 Å². The molecule has 1 fully saturated rings. The monoisotopic (exact) mass is 455 g/mol. The van der Waals surface area contributed by atoms with Gasteiger partial charge in [0.15, 0.2) is 0 Å². The third-order valence-corrected chi connectivity index (χ3v) is 6.70. The van der Waals surface area contributed by atoms with Crippen molar-refractivity contribution in [2.45, 2.75) is 25.5 Å². The first-order chi connectivity index (χ1) is 16.6. The molecule has 2 aliphatic heterocycles. The van der Waals surface area contributed by atoms with Gasteiger partial charge in [0, 0.05) is 55.6 Å². The number of anilines is 3. The Morgan fingerprint density at radius 2 is 1.94 bits per heavy atom. The zero-order valence-electron chi connectivity index (χ0n) is 18.8. The van der Waals surface area contributed by atoms with E-state index in [0.717, 1.165) is 59.5 Å². The van der Waals surface area contributed by atoms with E-state index in [2.05, 4.69) is 25.5 Å². The lowest BCUT2D eigenvalue weighted by Gasteiger charge is -2.31. The average Bonchev–Trinajstić information content (AvgIpc) is 3.44. The van der Waals surface area contributed by atoms with Gasteiger partial charge in [-0.05, 0) is 37.1 Å². The molecule has 0 atom stereocenters. The maximum Gasteiger partial charge on any atom is 0.254 e. The molecule has 0 bridgehead atoms. The minimum atomic E-state index is -0.209. The number of aromatic nitrogens is 4. The quantitative estimate of drug-likeness (QED) is 0.434. The number of hydrogen-bond donors (Lipinski definition) is 3. The number of nitrogens with zero attached hydrogens (tertiary/aromatic N) is 5. The SMILES string of the molecule is Cn1ccc2c(-c3ncc(Nc4ccc(N5CCC(O)CC5)cn4)c4c3CNC4=O)ccnc21. The van der Waals surface area contributed by atoms with Gasteiger partial charge in [0.2, 0.25) is 0 Å². The summed E-state index contributed by atoms with van der Waals surface area (Å²) < 4.78 is 1.97. The van der Waals surface area contributed by atoms with E-state index in [1.54, 1.807) is 12.4 Å². The van der Waals surface area contributed by atoms with Crippen molar-refractivity contribution in [2.75, 3.05) is 23.3 Å². The number of piperidine rings is 1. The summed E-state index contributed by atoms with van der Waals surface area (Å²) in [7, 11) is 1.96. The molecule has 6 rings (SSSR count). The van der Waals surface area contributed by atoms with E-state index in [1.165, 1.54) is 0 Å². The van der Waals surface area contributed by atoms with Crippen LogP contribution in [0.15, 0.2) is 49.1 Å². The number of carbonyl (C=O) groups is 1. The number of pyridine rings is 3. The molecule has 4 aromatic rings. The van der Waals surface area contributed by atoms with Crippen molar-refractivity contribution in [1.82, 2.24) is 24.8 Å². The summed E-state index contributed by atoms with van der Waals surface area (Å²) in [5.41, 5.74) is 5.75. The number of fused-ring (bicyclic) bond motifs is 2. The highest BCUT2D eigenvalue weighted by molar-refractivity contribution is 6.06. The number of carbonyl (C=O) groups excluding carboxylic acids is 1. The Bertz CT molecular complexity index is 1390. The Morgan fingerprint density at radius 1 is 1.09 bits per heavy atom. The van der Waals surface area contributed by atoms with Gasteiger partial charge in [-0.2, -0.15) is 0 Å². The summed E-state index contributed by atoms with van der Waals surface area (Å²) in [6.45, 7) is 2.06. The molecule has 4 aromatic heterocycles. The van der Waals surface area contributed by atoms with Crippen molar-refractivity contribution in [3.63, 3.8) is 0 Å². The topological polar surface area (TPSA) is 108 Å². The van der Waals surface area contributed by atoms with Gasteiger partial charge < -0.3 is 25.2 Å². The number of nitrogens with one attached hydrogen (secondary N) is 2. The molecule has 6 heterocycles. The Hall–Kier alpha value is -3.98. The van der Waals surface area contributed by atoms with Crippen molar-refractivity contribution in [2.24, 2.45) is 7.05 Å². The predicted molar refractivity (Wildman–Crippen MR) is 130 cm³/mol. The lowest BCUT2D eigenvalue weighted by molar-refractivity contribution is 0.0966. The van der Waals surface area contributed by atoms with Crippen molar-refractivity contribution in [3.8, 4) is 11.3 Å². The van der Waals surface area contributed by atoms with Crippen LogP contribution in [0.25, 0.3) is 22.3 Å². The third-order valence-electron chi connectivity index (χ3n) is 6.70. The summed E-state index contributed by atoms with van der Waals surface area (Å²) in [6, 6.07) is 7.89. The van der Waals surface area contributed by atoms with Crippen LogP contribution >= 0.6 is 0 Å². The van der Waals surface area contributed by atoms with E-state index < -0.39 is 0 Å². The molecule has 0 unspecified atom stereocenters. The largest absolute Gasteiger partial charge is 0.393 e. The number of aliphatic hydroxyl groups excluding tert-OH is 1. The molecule has 34 heavy (non-hydrogen) atoms. The summed E-state index contributed by atoms with van der Waals surface area (Å²) in [5, 5.41) is 17.0. The molecule has 0 aliphatic carbocycles. The summed E-state index contributed by atoms with van der Waals surface area (Å²) in [5.74, 6) is 0.523. The van der Waals surface area contributed by atoms with Crippen molar-refractivity contribution in [3.05, 3.63) is 60.2 Å². The van der Waals surface area contributed by atoms with Crippen LogP contribution in [-0.4, -0.2) is 49.7 Å². The van der Waals surface area contributed by atoms with Crippen molar-refractivity contribution >= 4 is 34.1 Å². The Labute approximate surface area is 196 Å². The molecule has 0 saturated carbocycles. The van der Waals surface area contributed by atoms with Crippen LogP contribution in [0.5, 0.6) is 0 Å². The van der Waals surface area contributed by atoms with Gasteiger partial charge in [-0.3, -0.25) is 9.78 Å². The number of rotatable bonds is 4. The summed E-state index contributed by atoms with van der Waals surface area (Å²) >= 11 is 0. The highest BCUT2D eigenvalue weighted by atomic mass is 16.3. The van der Waals surface area contributed by atoms with Crippen molar-refractivity contribution in [1.29, 1.82) is 0 Å². The molecular formula is C25H25N7O2. The van der Waals surface area contributed by atoms with Crippen molar-refractivity contribution < 1.29 is 9.90 Å². The molecule has 1 saturated heterocycles. The minimum Gasteiger partial charge on any atom is -0.393 e. The first-order valence-electron chi connectivity index (χ1n) is 11.4. The van der Waals surface area contributed by atoms with Gasteiger partial charge in [-0.25, -0.2) is 9.97 Å². The van der Waals surface area contributed by atoms with Crippen LogP contribution in [0.4, 0.5) is 17.2 Å². The molecule has 9 nitrogen and oxygen atoms in total. The van der Waals surface area contributed by atoms with E-state index in [4.69, 9.17) is 4.98 Å². The van der Waals surface area contributed by atoms with Gasteiger partial charge in [-0.1, -0.05) is 0 Å². The van der Waals surface area contributed by atoms with Crippen LogP contribution in [0.3, 0.4) is 0 Å². The average molecular weight is 456 g/mol. The molecule has 0 aromatic carbocycles. The lowest BCUT2D eigenvalue weighted by atomic mass is 10.0. The Morgan fingerprint density at radius 3 is 2.74 bits per heavy atom. The van der Waals surface area contributed by atoms with E-state index >= 15 is 0 Å². The first kappa shape index (κ1) is 20.6. The molecule has 1 amide bonds. The van der Waals surface area contributed by atoms with Gasteiger partial charge in [0.25, 0.3) is 5.91 Å². The zero-order valence-corrected chi connectivity index (χ0v) is 18.8. The van der Waals surface area contributed by atoms with E-state index in [1.807, 2.05) is 48.3 Å². The summed E-state index contributed by atoms with van der Waals surface area (Å²) in [6.07, 6.45) is 8.61. The van der Waals surface area contributed by atoms with Gasteiger partial charge in [-0.15, -0.1) is 0 Å². The van der Waals surface area contributed by atoms with Gasteiger partial charge >= 0.3 is 0 Å². The Balaban J connectivity index is 1.32. The first-order valence-corrected chi connectivity index (χ1v) is 11.4. The zero-order chi connectivity index (χ0) is 23.2. The van der Waals surface area contributed by atoms with E-state index in [9.17, 15) is 9.90 Å². The van der Waals surface area contributed by atoms with Crippen LogP contribution in [0, 0.1) is 0 Å². The van der Waals surface area contributed by atoms with Crippen LogP contribution in [0.2, 0.25) is 0 Å². The molecule has 3 N–H and O–H groups in total. The minimum absolute atomic E-state index is 0.122. The van der Waals surface area contributed by atoms with Crippen LogP contribution in [-0.2, 0) is 13.6 Å². The fourth-order valence-corrected chi connectivity index (χ4v) is 4.85. The second-order valence-electron chi connectivity index (χ2n) is 8.82. The number of aryl methyl sites for hydroxylation is 1. The maximum absolute atomic E-state index is 12.8. The highest BCUT2D eigenvalue weighted by Gasteiger charge is 2.28.